The van der Waals surface area contributed by atoms with E-state index < -0.39 is 28.0 Å². The lowest BCUT2D eigenvalue weighted by atomic mass is 9.98. The molecule has 10 nitrogen and oxygen atoms in total. The zero-order chi connectivity index (χ0) is 32.5. The highest BCUT2D eigenvalue weighted by Gasteiger charge is 2.38. The van der Waals surface area contributed by atoms with E-state index in [-0.39, 0.29) is 33.7 Å². The summed E-state index contributed by atoms with van der Waals surface area (Å²) in [5.41, 5.74) is 8.28. The number of thiophene rings is 1. The summed E-state index contributed by atoms with van der Waals surface area (Å²) >= 11 is 3.67. The Morgan fingerprint density at radius 3 is 2.28 bits per heavy atom. The first-order valence-electron chi connectivity index (χ1n) is 11.9. The molecule has 1 aromatic heterocycles. The van der Waals surface area contributed by atoms with Gasteiger partial charge in [-0.1, -0.05) is 24.3 Å². The van der Waals surface area contributed by atoms with Gasteiger partial charge >= 0.3 is 18.1 Å². The van der Waals surface area contributed by atoms with Gasteiger partial charge in [0, 0.05) is 17.0 Å². The first-order valence-corrected chi connectivity index (χ1v) is 16.5. The summed E-state index contributed by atoms with van der Waals surface area (Å²) in [5.74, 6) is -3.71. The number of sulfone groups is 1. The highest BCUT2D eigenvalue weighted by atomic mass is 32.2. The van der Waals surface area contributed by atoms with Crippen molar-refractivity contribution in [2.24, 2.45) is 5.73 Å². The number of carbonyl (C=O) groups excluding carboxylic acids is 1. The molecule has 1 heterocycles. The van der Waals surface area contributed by atoms with E-state index in [0.717, 1.165) is 16.9 Å². The number of nitrogen functional groups attached to an aromatic ring is 1. The van der Waals surface area contributed by atoms with E-state index >= 15 is 0 Å². The third kappa shape index (κ3) is 10.0. The third-order valence-corrected chi connectivity index (χ3v) is 10.6. The van der Waals surface area contributed by atoms with Crippen LogP contribution in [0.2, 0.25) is 0 Å². The minimum Gasteiger partial charge on any atom is -0.481 e. The minimum atomic E-state index is -5.08. The molecular weight excluding hydrogens is 652 g/mol. The molecule has 17 heteroatoms. The molecule has 2 aromatic carbocycles. The van der Waals surface area contributed by atoms with Gasteiger partial charge in [0.05, 0.1) is 31.1 Å². The van der Waals surface area contributed by atoms with Gasteiger partial charge in [0.2, 0.25) is 15.7 Å². The first kappa shape index (κ1) is 35.7. The van der Waals surface area contributed by atoms with Crippen molar-refractivity contribution in [3.05, 3.63) is 59.0 Å². The molecule has 0 unspecified atom stereocenters. The Hall–Kier alpha value is -3.54. The monoisotopic (exact) mass is 677 g/mol. The van der Waals surface area contributed by atoms with Gasteiger partial charge in [0.25, 0.3) is 0 Å². The van der Waals surface area contributed by atoms with E-state index in [1.807, 2.05) is 13.0 Å². The van der Waals surface area contributed by atoms with Crippen molar-refractivity contribution >= 4 is 74.1 Å². The van der Waals surface area contributed by atoms with Crippen LogP contribution < -0.4 is 11.1 Å². The number of anilines is 1. The molecule has 1 amide bonds. The second-order valence-corrected chi connectivity index (χ2v) is 13.6. The molecule has 0 fully saturated rings. The predicted molar refractivity (Wildman–Crippen MR) is 161 cm³/mol. The minimum absolute atomic E-state index is 0.0226. The maximum absolute atomic E-state index is 13.5. The molecule has 0 bridgehead atoms. The van der Waals surface area contributed by atoms with E-state index in [0.29, 0.717) is 31.7 Å². The summed E-state index contributed by atoms with van der Waals surface area (Å²) < 4.78 is 59.4. The second-order valence-electron chi connectivity index (χ2n) is 8.46. The lowest BCUT2D eigenvalue weighted by molar-refractivity contribution is -0.192. The van der Waals surface area contributed by atoms with Crippen molar-refractivity contribution in [2.45, 2.75) is 33.5 Å². The molecule has 0 spiro atoms. The summed E-state index contributed by atoms with van der Waals surface area (Å²) in [5, 5.41) is 26.4. The van der Waals surface area contributed by atoms with Gasteiger partial charge in [0.1, 0.15) is 5.84 Å². The molecule has 232 valence electrons. The number of amidine groups is 1. The molecule has 0 saturated carbocycles. The third-order valence-electron chi connectivity index (χ3n) is 5.32. The number of alkyl halides is 3. The van der Waals surface area contributed by atoms with Crippen LogP contribution in [-0.2, 0) is 24.2 Å². The number of benzene rings is 2. The predicted octanol–water partition coefficient (Wildman–Crippen LogP) is 5.34. The van der Waals surface area contributed by atoms with Crippen molar-refractivity contribution in [3.8, 4) is 11.1 Å². The Morgan fingerprint density at radius 2 is 1.72 bits per heavy atom. The largest absolute Gasteiger partial charge is 0.490 e. The number of aliphatic carboxylic acids is 2. The summed E-state index contributed by atoms with van der Waals surface area (Å²) in [6, 6.07) is 13.4. The lowest BCUT2D eigenvalue weighted by Crippen LogP contribution is -2.21. The highest BCUT2D eigenvalue weighted by molar-refractivity contribution is 8.01. The second kappa shape index (κ2) is 15.3. The van der Waals surface area contributed by atoms with Crippen LogP contribution in [0.25, 0.3) is 11.1 Å². The van der Waals surface area contributed by atoms with Crippen LogP contribution in [0.3, 0.4) is 0 Å². The smallest absolute Gasteiger partial charge is 0.481 e. The number of carboxylic acids is 2. The zero-order valence-electron chi connectivity index (χ0n) is 22.5. The van der Waals surface area contributed by atoms with E-state index in [2.05, 4.69) is 5.32 Å². The Morgan fingerprint density at radius 1 is 1.09 bits per heavy atom. The molecule has 0 atom stereocenters. The summed E-state index contributed by atoms with van der Waals surface area (Å²) in [4.78, 5) is 32.6. The van der Waals surface area contributed by atoms with E-state index in [1.54, 1.807) is 36.6 Å². The standard InChI is InChI=1S/C24H25N3O5S4.C2HF3O2/c1-14-5-3-8-17(27-20(28)13-34-10-9-21(29)30)22(14)15-6-4-7-16(11-15)36(31,32)19-12-18(23(25)26)35-24(19)33-2;3-2(4,5)1(6)7/h3-8,11-12H,9-10,13H2,1-2H3,(H3,25,26)(H,27,28)(H,29,30);(H,6,7). The van der Waals surface area contributed by atoms with Gasteiger partial charge in [-0.15, -0.1) is 23.1 Å². The maximum atomic E-state index is 13.5. The first-order chi connectivity index (χ1) is 20.0. The number of thioether (sulfide) groups is 2. The van der Waals surface area contributed by atoms with Gasteiger partial charge in [0.15, 0.2) is 0 Å². The molecule has 0 aliphatic heterocycles. The highest BCUT2D eigenvalue weighted by Crippen LogP contribution is 2.39. The molecule has 0 aliphatic carbocycles. The van der Waals surface area contributed by atoms with Crippen LogP contribution in [0.1, 0.15) is 16.9 Å². The number of aryl methyl sites for hydroxylation is 1. The summed E-state index contributed by atoms with van der Waals surface area (Å²) in [7, 11) is -3.90. The maximum Gasteiger partial charge on any atom is 0.490 e. The summed E-state index contributed by atoms with van der Waals surface area (Å²) in [6.45, 7) is 1.87. The molecule has 0 saturated heterocycles. The van der Waals surface area contributed by atoms with Crippen LogP contribution in [0, 0.1) is 12.3 Å². The van der Waals surface area contributed by atoms with Crippen LogP contribution in [0.4, 0.5) is 18.9 Å². The normalized spacial score (nSPS) is 11.3. The molecule has 3 rings (SSSR count). The van der Waals surface area contributed by atoms with Crippen LogP contribution in [-0.4, -0.2) is 66.3 Å². The van der Waals surface area contributed by atoms with Crippen LogP contribution in [0.5, 0.6) is 0 Å². The van der Waals surface area contributed by atoms with Crippen molar-refractivity contribution < 1.29 is 46.2 Å². The van der Waals surface area contributed by atoms with Crippen LogP contribution >= 0.6 is 34.9 Å². The fourth-order valence-corrected chi connectivity index (χ4v) is 8.06. The van der Waals surface area contributed by atoms with E-state index in [1.165, 1.54) is 35.7 Å². The lowest BCUT2D eigenvalue weighted by Gasteiger charge is -2.15. The molecular formula is C26H26F3N3O7S4. The Kier molecular flexibility index (Phi) is 12.7. The Bertz CT molecular complexity index is 1620. The number of halogens is 3. The summed E-state index contributed by atoms with van der Waals surface area (Å²) in [6.07, 6.45) is -3.33. The Balaban J connectivity index is 0.000000821. The number of nitrogens with two attached hydrogens (primary N) is 1. The topological polar surface area (TPSA) is 188 Å². The number of rotatable bonds is 11. The van der Waals surface area contributed by atoms with E-state index in [4.69, 9.17) is 26.2 Å². The fraction of sp³-hybridized carbons (Fsp3) is 0.231. The number of carbonyl (C=O) groups is 3. The van der Waals surface area contributed by atoms with Crippen LogP contribution in [0.15, 0.2) is 62.5 Å². The number of hydrogen-bond acceptors (Lipinski definition) is 9. The number of amides is 1. The molecule has 0 radical (unpaired) electrons. The van der Waals surface area contributed by atoms with Crippen molar-refractivity contribution in [2.75, 3.05) is 23.1 Å². The average Bonchev–Trinajstić information content (AvgIpc) is 3.37. The van der Waals surface area contributed by atoms with Crippen molar-refractivity contribution in [3.63, 3.8) is 0 Å². The SMILES string of the molecule is CSc1sc(C(=N)N)cc1S(=O)(=O)c1cccc(-c2c(C)cccc2NC(=O)CSCCC(=O)O)c1.O=C(O)C(F)(F)F. The fourth-order valence-electron chi connectivity index (χ4n) is 3.43. The molecule has 0 aliphatic rings. The van der Waals surface area contributed by atoms with Crippen molar-refractivity contribution in [1.82, 2.24) is 0 Å². The average molecular weight is 678 g/mol. The number of carboxylic acid groups (broad SMARTS) is 2. The number of hydrogen-bond donors (Lipinski definition) is 5. The molecule has 3 aromatic rings. The molecule has 43 heavy (non-hydrogen) atoms. The van der Waals surface area contributed by atoms with Gasteiger partial charge in [-0.2, -0.15) is 24.9 Å². The van der Waals surface area contributed by atoms with Gasteiger partial charge in [-0.3, -0.25) is 15.0 Å². The zero-order valence-corrected chi connectivity index (χ0v) is 25.8. The van der Waals surface area contributed by atoms with E-state index in [9.17, 15) is 31.2 Å². The van der Waals surface area contributed by atoms with Gasteiger partial charge in [-0.25, -0.2) is 13.2 Å². The van der Waals surface area contributed by atoms with Gasteiger partial charge < -0.3 is 21.3 Å². The molecule has 6 N–H and O–H groups in total. The Labute approximate surface area is 257 Å². The van der Waals surface area contributed by atoms with Crippen molar-refractivity contribution in [1.29, 1.82) is 5.41 Å². The number of nitrogens with one attached hydrogen (secondary N) is 2. The quantitative estimate of drug-likeness (QED) is 0.0767. The van der Waals surface area contributed by atoms with Gasteiger partial charge in [-0.05, 0) is 48.6 Å².